The number of ether oxygens (including phenoxy) is 2. The van der Waals surface area contributed by atoms with Gasteiger partial charge in [0.15, 0.2) is 12.9 Å². The van der Waals surface area contributed by atoms with E-state index in [0.29, 0.717) is 31.1 Å². The Labute approximate surface area is 145 Å². The topological polar surface area (TPSA) is 84.5 Å². The summed E-state index contributed by atoms with van der Waals surface area (Å²) in [5.41, 5.74) is 3.20. The van der Waals surface area contributed by atoms with Crippen molar-refractivity contribution in [3.63, 3.8) is 0 Å². The molecule has 25 heavy (non-hydrogen) atoms. The van der Waals surface area contributed by atoms with Crippen LogP contribution in [0, 0.1) is 13.8 Å². The minimum absolute atomic E-state index is 0.128. The Morgan fingerprint density at radius 1 is 1.44 bits per heavy atom. The fourth-order valence-corrected chi connectivity index (χ4v) is 3.12. The van der Waals surface area contributed by atoms with Crippen LogP contribution in [-0.2, 0) is 9.53 Å². The predicted molar refractivity (Wildman–Crippen MR) is 90.7 cm³/mol. The lowest BCUT2D eigenvalue weighted by Crippen LogP contribution is -2.45. The lowest BCUT2D eigenvalue weighted by atomic mass is 10.0. The summed E-state index contributed by atoms with van der Waals surface area (Å²) in [6, 6.07) is 6.66. The first-order chi connectivity index (χ1) is 12.1. The Hall–Kier alpha value is -2.67. The summed E-state index contributed by atoms with van der Waals surface area (Å²) >= 11 is 0. The molecule has 1 aromatic heterocycles. The molecule has 0 saturated carbocycles. The zero-order chi connectivity index (χ0) is 17.8. The van der Waals surface area contributed by atoms with Crippen LogP contribution in [-0.4, -0.2) is 53.7 Å². The van der Waals surface area contributed by atoms with Crippen LogP contribution in [0.2, 0.25) is 0 Å². The van der Waals surface area contributed by atoms with Crippen molar-refractivity contribution >= 4 is 12.2 Å². The van der Waals surface area contributed by atoms with Crippen molar-refractivity contribution < 1.29 is 19.1 Å². The minimum Gasteiger partial charge on any atom is -0.483 e. The van der Waals surface area contributed by atoms with E-state index < -0.39 is 0 Å². The third kappa shape index (κ3) is 3.56. The van der Waals surface area contributed by atoms with Gasteiger partial charge in [-0.2, -0.15) is 5.10 Å². The predicted octanol–water partition coefficient (Wildman–Crippen LogP) is 1.82. The van der Waals surface area contributed by atoms with Gasteiger partial charge in [-0.15, -0.1) is 0 Å². The number of hydrogen-bond donors (Lipinski definition) is 1. The van der Waals surface area contributed by atoms with Gasteiger partial charge in [-0.25, -0.2) is 0 Å². The molecule has 0 spiro atoms. The van der Waals surface area contributed by atoms with Crippen molar-refractivity contribution in [2.24, 2.45) is 0 Å². The molecule has 7 nitrogen and oxygen atoms in total. The number of aryl methyl sites for hydroxylation is 2. The first kappa shape index (κ1) is 17.2. The van der Waals surface area contributed by atoms with Gasteiger partial charge in [0.05, 0.1) is 30.5 Å². The average molecular weight is 343 g/mol. The molecule has 2 aromatic rings. The maximum Gasteiger partial charge on any atom is 0.261 e. The Kier molecular flexibility index (Phi) is 5.14. The summed E-state index contributed by atoms with van der Waals surface area (Å²) < 4.78 is 11.2. The van der Waals surface area contributed by atoms with E-state index in [-0.39, 0.29) is 18.6 Å². The van der Waals surface area contributed by atoms with Crippen LogP contribution < -0.4 is 4.74 Å². The molecule has 3 rings (SSSR count). The molecule has 1 atom stereocenters. The number of rotatable bonds is 5. The lowest BCUT2D eigenvalue weighted by Gasteiger charge is -2.36. The SMILES string of the molecule is Cc1n[nH]c(C)c1C1COCCN1C(=O)COc1ccccc1C=O. The minimum atomic E-state index is -0.190. The zero-order valence-electron chi connectivity index (χ0n) is 14.3. The van der Waals surface area contributed by atoms with Crippen LogP contribution in [0.15, 0.2) is 24.3 Å². The van der Waals surface area contributed by atoms with Gasteiger partial charge in [0, 0.05) is 17.8 Å². The van der Waals surface area contributed by atoms with Crippen molar-refractivity contribution in [2.75, 3.05) is 26.4 Å². The maximum atomic E-state index is 12.7. The number of aldehydes is 1. The zero-order valence-corrected chi connectivity index (χ0v) is 14.3. The number of para-hydroxylation sites is 1. The first-order valence-corrected chi connectivity index (χ1v) is 8.17. The van der Waals surface area contributed by atoms with Gasteiger partial charge in [-0.05, 0) is 26.0 Å². The van der Waals surface area contributed by atoms with Crippen molar-refractivity contribution in [3.8, 4) is 5.75 Å². The number of morpholine rings is 1. The highest BCUT2D eigenvalue weighted by molar-refractivity contribution is 5.81. The van der Waals surface area contributed by atoms with Gasteiger partial charge in [0.1, 0.15) is 5.75 Å². The van der Waals surface area contributed by atoms with Crippen LogP contribution in [0.25, 0.3) is 0 Å². The van der Waals surface area contributed by atoms with Crippen molar-refractivity contribution in [3.05, 3.63) is 46.8 Å². The molecule has 1 aliphatic rings. The Bertz CT molecular complexity index is 752. The van der Waals surface area contributed by atoms with Crippen molar-refractivity contribution in [1.29, 1.82) is 0 Å². The number of nitrogens with zero attached hydrogens (tertiary/aromatic N) is 2. The number of aromatic nitrogens is 2. The monoisotopic (exact) mass is 343 g/mol. The van der Waals surface area contributed by atoms with E-state index >= 15 is 0 Å². The highest BCUT2D eigenvalue weighted by Gasteiger charge is 2.32. The summed E-state index contributed by atoms with van der Waals surface area (Å²) in [7, 11) is 0. The van der Waals surface area contributed by atoms with Crippen LogP contribution in [0.4, 0.5) is 0 Å². The number of carbonyl (C=O) groups excluding carboxylic acids is 2. The summed E-state index contributed by atoms with van der Waals surface area (Å²) in [6.07, 6.45) is 0.718. The van der Waals surface area contributed by atoms with E-state index in [9.17, 15) is 9.59 Å². The second-order valence-electron chi connectivity index (χ2n) is 5.97. The molecular formula is C18H21N3O4. The largest absolute Gasteiger partial charge is 0.483 e. The Morgan fingerprint density at radius 2 is 2.24 bits per heavy atom. The lowest BCUT2D eigenvalue weighted by molar-refractivity contribution is -0.142. The van der Waals surface area contributed by atoms with Crippen molar-refractivity contribution in [2.45, 2.75) is 19.9 Å². The standard InChI is InChI=1S/C18H21N3O4/c1-12-18(13(2)20-19-12)15-10-24-8-7-21(15)17(23)11-25-16-6-4-3-5-14(16)9-22/h3-6,9,15H,7-8,10-11H2,1-2H3,(H,19,20). The molecule has 1 saturated heterocycles. The highest BCUT2D eigenvalue weighted by Crippen LogP contribution is 2.28. The molecule has 1 amide bonds. The number of benzene rings is 1. The Balaban J connectivity index is 1.74. The van der Waals surface area contributed by atoms with Gasteiger partial charge in [-0.1, -0.05) is 12.1 Å². The fraction of sp³-hybridized carbons (Fsp3) is 0.389. The molecule has 1 aromatic carbocycles. The van der Waals surface area contributed by atoms with Gasteiger partial charge in [0.25, 0.3) is 5.91 Å². The third-order valence-corrected chi connectivity index (χ3v) is 4.36. The molecule has 1 aliphatic heterocycles. The average Bonchev–Trinajstić information content (AvgIpc) is 2.98. The maximum absolute atomic E-state index is 12.7. The van der Waals surface area contributed by atoms with E-state index in [1.807, 2.05) is 13.8 Å². The molecular weight excluding hydrogens is 322 g/mol. The molecule has 132 valence electrons. The quantitative estimate of drug-likeness (QED) is 0.837. The molecule has 2 heterocycles. The second kappa shape index (κ2) is 7.48. The number of hydrogen-bond acceptors (Lipinski definition) is 5. The van der Waals surface area contributed by atoms with Crippen molar-refractivity contribution in [1.82, 2.24) is 15.1 Å². The van der Waals surface area contributed by atoms with E-state index in [1.54, 1.807) is 29.2 Å². The van der Waals surface area contributed by atoms with E-state index in [4.69, 9.17) is 9.47 Å². The normalized spacial score (nSPS) is 17.4. The summed E-state index contributed by atoms with van der Waals surface area (Å²) in [5, 5.41) is 7.17. The molecule has 0 bridgehead atoms. The van der Waals surface area contributed by atoms with E-state index in [2.05, 4.69) is 10.2 Å². The Morgan fingerprint density at radius 3 is 2.96 bits per heavy atom. The van der Waals surface area contributed by atoms with Crippen LogP contribution in [0.5, 0.6) is 5.75 Å². The van der Waals surface area contributed by atoms with E-state index in [1.165, 1.54) is 0 Å². The molecule has 1 unspecified atom stereocenters. The smallest absolute Gasteiger partial charge is 0.261 e. The summed E-state index contributed by atoms with van der Waals surface area (Å²) in [6.45, 7) is 5.13. The molecule has 0 aliphatic carbocycles. The van der Waals surface area contributed by atoms with Gasteiger partial charge in [0.2, 0.25) is 0 Å². The highest BCUT2D eigenvalue weighted by atomic mass is 16.5. The number of nitrogens with one attached hydrogen (secondary N) is 1. The summed E-state index contributed by atoms with van der Waals surface area (Å²) in [4.78, 5) is 25.5. The van der Waals surface area contributed by atoms with E-state index in [0.717, 1.165) is 23.2 Å². The van der Waals surface area contributed by atoms with Gasteiger partial charge < -0.3 is 14.4 Å². The van der Waals surface area contributed by atoms with Gasteiger partial charge >= 0.3 is 0 Å². The first-order valence-electron chi connectivity index (χ1n) is 8.17. The number of carbonyl (C=O) groups is 2. The third-order valence-electron chi connectivity index (χ3n) is 4.36. The van der Waals surface area contributed by atoms with Gasteiger partial charge in [-0.3, -0.25) is 14.7 Å². The van der Waals surface area contributed by atoms with Crippen LogP contribution in [0.1, 0.15) is 33.4 Å². The number of aromatic amines is 1. The molecule has 7 heteroatoms. The number of H-pyrrole nitrogens is 1. The molecule has 1 N–H and O–H groups in total. The van der Waals surface area contributed by atoms with Crippen LogP contribution in [0.3, 0.4) is 0 Å². The summed E-state index contributed by atoms with van der Waals surface area (Å²) in [5.74, 6) is 0.264. The van der Waals surface area contributed by atoms with Crippen LogP contribution >= 0.6 is 0 Å². The fourth-order valence-electron chi connectivity index (χ4n) is 3.12. The molecule has 1 fully saturated rings. The number of amides is 1. The second-order valence-corrected chi connectivity index (χ2v) is 5.97. The molecule has 0 radical (unpaired) electrons.